The van der Waals surface area contributed by atoms with E-state index in [9.17, 15) is 4.79 Å². The molecule has 0 aliphatic rings. The monoisotopic (exact) mass is 304 g/mol. The van der Waals surface area contributed by atoms with Gasteiger partial charge in [0.25, 0.3) is 0 Å². The second kappa shape index (κ2) is 7.14. The van der Waals surface area contributed by atoms with Gasteiger partial charge in [-0.1, -0.05) is 35.9 Å². The van der Waals surface area contributed by atoms with Gasteiger partial charge in [-0.3, -0.25) is 4.79 Å². The van der Waals surface area contributed by atoms with Gasteiger partial charge < -0.3 is 9.47 Å². The SMILES string of the molecule is COc1cc(C)ccc1OC(=O)CCc1ccccc1Cl. The van der Waals surface area contributed by atoms with E-state index in [-0.39, 0.29) is 12.4 Å². The standard InChI is InChI=1S/C17H17ClO3/c1-12-7-9-15(16(11-12)20-2)21-17(19)10-8-13-5-3-4-6-14(13)18/h3-7,9,11H,8,10H2,1-2H3. The van der Waals surface area contributed by atoms with Crippen molar-refractivity contribution in [1.82, 2.24) is 0 Å². The summed E-state index contributed by atoms with van der Waals surface area (Å²) in [7, 11) is 1.55. The van der Waals surface area contributed by atoms with Crippen LogP contribution >= 0.6 is 11.6 Å². The van der Waals surface area contributed by atoms with Crippen molar-refractivity contribution in [1.29, 1.82) is 0 Å². The first kappa shape index (κ1) is 15.4. The Morgan fingerprint density at radius 1 is 1.14 bits per heavy atom. The number of carbonyl (C=O) groups excluding carboxylic acids is 1. The molecule has 0 aromatic heterocycles. The number of carbonyl (C=O) groups is 1. The lowest BCUT2D eigenvalue weighted by molar-refractivity contribution is -0.134. The summed E-state index contributed by atoms with van der Waals surface area (Å²) in [6.45, 7) is 1.95. The summed E-state index contributed by atoms with van der Waals surface area (Å²) >= 11 is 6.06. The van der Waals surface area contributed by atoms with E-state index in [1.54, 1.807) is 13.2 Å². The smallest absolute Gasteiger partial charge is 0.311 e. The number of rotatable bonds is 5. The highest BCUT2D eigenvalue weighted by atomic mass is 35.5. The summed E-state index contributed by atoms with van der Waals surface area (Å²) in [5, 5.41) is 0.665. The van der Waals surface area contributed by atoms with Crippen LogP contribution in [0.1, 0.15) is 17.5 Å². The average molecular weight is 305 g/mol. The highest BCUT2D eigenvalue weighted by Crippen LogP contribution is 2.28. The molecule has 0 unspecified atom stereocenters. The molecule has 0 atom stereocenters. The van der Waals surface area contributed by atoms with Gasteiger partial charge in [-0.15, -0.1) is 0 Å². The number of methoxy groups -OCH3 is 1. The Kier molecular flexibility index (Phi) is 5.23. The third-order valence-electron chi connectivity index (χ3n) is 3.10. The van der Waals surface area contributed by atoms with Gasteiger partial charge in [0.05, 0.1) is 13.5 Å². The number of aryl methyl sites for hydroxylation is 2. The van der Waals surface area contributed by atoms with Crippen molar-refractivity contribution >= 4 is 17.6 Å². The van der Waals surface area contributed by atoms with E-state index in [0.717, 1.165) is 11.1 Å². The predicted octanol–water partition coefficient (Wildman–Crippen LogP) is 4.20. The van der Waals surface area contributed by atoms with Crippen molar-refractivity contribution < 1.29 is 14.3 Å². The Balaban J connectivity index is 1.98. The summed E-state index contributed by atoms with van der Waals surface area (Å²) in [5.41, 5.74) is 1.98. The van der Waals surface area contributed by atoms with Gasteiger partial charge >= 0.3 is 5.97 Å². The quantitative estimate of drug-likeness (QED) is 0.613. The molecule has 0 radical (unpaired) electrons. The summed E-state index contributed by atoms with van der Waals surface area (Å²) < 4.78 is 10.6. The second-order valence-corrected chi connectivity index (χ2v) is 5.13. The van der Waals surface area contributed by atoms with Crippen LogP contribution in [0.2, 0.25) is 5.02 Å². The number of benzene rings is 2. The Morgan fingerprint density at radius 2 is 1.90 bits per heavy atom. The number of halogens is 1. The van der Waals surface area contributed by atoms with E-state index in [1.165, 1.54) is 0 Å². The lowest BCUT2D eigenvalue weighted by Gasteiger charge is -2.10. The number of hydrogen-bond acceptors (Lipinski definition) is 3. The zero-order valence-electron chi connectivity index (χ0n) is 12.1. The number of hydrogen-bond donors (Lipinski definition) is 0. The maximum Gasteiger partial charge on any atom is 0.311 e. The van der Waals surface area contributed by atoms with Gasteiger partial charge in [-0.05, 0) is 42.7 Å². The molecule has 0 heterocycles. The average Bonchev–Trinajstić information content (AvgIpc) is 2.48. The van der Waals surface area contributed by atoms with Crippen LogP contribution in [-0.4, -0.2) is 13.1 Å². The predicted molar refractivity (Wildman–Crippen MR) is 83.1 cm³/mol. The topological polar surface area (TPSA) is 35.5 Å². The molecule has 0 N–H and O–H groups in total. The van der Waals surface area contributed by atoms with Crippen molar-refractivity contribution in [3.05, 3.63) is 58.6 Å². The van der Waals surface area contributed by atoms with Crippen LogP contribution < -0.4 is 9.47 Å². The summed E-state index contributed by atoms with van der Waals surface area (Å²) in [6, 6.07) is 12.9. The molecule has 0 bridgehead atoms. The molecule has 0 fully saturated rings. The number of esters is 1. The van der Waals surface area contributed by atoms with Crippen LogP contribution in [0.3, 0.4) is 0 Å². The zero-order valence-corrected chi connectivity index (χ0v) is 12.8. The minimum atomic E-state index is -0.308. The van der Waals surface area contributed by atoms with Crippen molar-refractivity contribution in [3.8, 4) is 11.5 Å². The van der Waals surface area contributed by atoms with Crippen molar-refractivity contribution in [2.75, 3.05) is 7.11 Å². The van der Waals surface area contributed by atoms with Crippen molar-refractivity contribution in [2.24, 2.45) is 0 Å². The first-order chi connectivity index (χ1) is 10.1. The van der Waals surface area contributed by atoms with E-state index >= 15 is 0 Å². The molecule has 0 saturated carbocycles. The fourth-order valence-electron chi connectivity index (χ4n) is 1.97. The van der Waals surface area contributed by atoms with E-state index in [1.807, 2.05) is 43.3 Å². The summed E-state index contributed by atoms with van der Waals surface area (Å²) in [6.07, 6.45) is 0.813. The van der Waals surface area contributed by atoms with Gasteiger partial charge in [0.1, 0.15) is 0 Å². The van der Waals surface area contributed by atoms with Crippen molar-refractivity contribution in [2.45, 2.75) is 19.8 Å². The fraction of sp³-hybridized carbons (Fsp3) is 0.235. The molecule has 0 aliphatic heterocycles. The highest BCUT2D eigenvalue weighted by Gasteiger charge is 2.11. The largest absolute Gasteiger partial charge is 0.493 e. The Labute approximate surface area is 129 Å². The van der Waals surface area contributed by atoms with Gasteiger partial charge in [0, 0.05) is 5.02 Å². The van der Waals surface area contributed by atoms with Crippen LogP contribution in [0, 0.1) is 6.92 Å². The molecule has 2 aromatic rings. The van der Waals surface area contributed by atoms with Crippen LogP contribution in [0.25, 0.3) is 0 Å². The van der Waals surface area contributed by atoms with E-state index < -0.39 is 0 Å². The Bertz CT molecular complexity index is 638. The third-order valence-corrected chi connectivity index (χ3v) is 3.47. The maximum absolute atomic E-state index is 11.9. The molecular weight excluding hydrogens is 288 g/mol. The first-order valence-corrected chi connectivity index (χ1v) is 7.06. The molecular formula is C17H17ClO3. The first-order valence-electron chi connectivity index (χ1n) is 6.69. The fourth-order valence-corrected chi connectivity index (χ4v) is 2.20. The molecule has 0 spiro atoms. The van der Waals surface area contributed by atoms with Crippen LogP contribution in [0.4, 0.5) is 0 Å². The maximum atomic E-state index is 11.9. The van der Waals surface area contributed by atoms with E-state index in [0.29, 0.717) is 22.9 Å². The van der Waals surface area contributed by atoms with E-state index in [4.69, 9.17) is 21.1 Å². The number of ether oxygens (including phenoxy) is 2. The molecule has 0 aliphatic carbocycles. The molecule has 4 heteroatoms. The molecule has 3 nitrogen and oxygen atoms in total. The van der Waals surface area contributed by atoms with Gasteiger partial charge in [0.15, 0.2) is 11.5 Å². The van der Waals surface area contributed by atoms with Gasteiger partial charge in [0.2, 0.25) is 0 Å². The molecule has 0 saturated heterocycles. The van der Waals surface area contributed by atoms with E-state index in [2.05, 4.69) is 0 Å². The highest BCUT2D eigenvalue weighted by molar-refractivity contribution is 6.31. The van der Waals surface area contributed by atoms with Crippen LogP contribution in [0.15, 0.2) is 42.5 Å². The van der Waals surface area contributed by atoms with Crippen molar-refractivity contribution in [3.63, 3.8) is 0 Å². The van der Waals surface area contributed by atoms with Gasteiger partial charge in [-0.25, -0.2) is 0 Å². The molecule has 110 valence electrons. The zero-order chi connectivity index (χ0) is 15.2. The van der Waals surface area contributed by atoms with Gasteiger partial charge in [-0.2, -0.15) is 0 Å². The molecule has 21 heavy (non-hydrogen) atoms. The minimum absolute atomic E-state index is 0.265. The lowest BCUT2D eigenvalue weighted by atomic mass is 10.1. The second-order valence-electron chi connectivity index (χ2n) is 4.72. The Morgan fingerprint density at radius 3 is 2.62 bits per heavy atom. The van der Waals surface area contributed by atoms with Crippen LogP contribution in [-0.2, 0) is 11.2 Å². The normalized spacial score (nSPS) is 10.2. The molecule has 0 amide bonds. The Hall–Kier alpha value is -2.00. The van der Waals surface area contributed by atoms with Crippen LogP contribution in [0.5, 0.6) is 11.5 Å². The lowest BCUT2D eigenvalue weighted by Crippen LogP contribution is -2.10. The molecule has 2 rings (SSSR count). The minimum Gasteiger partial charge on any atom is -0.493 e. The molecule has 2 aromatic carbocycles. The summed E-state index contributed by atoms with van der Waals surface area (Å²) in [4.78, 5) is 11.9. The summed E-state index contributed by atoms with van der Waals surface area (Å²) in [5.74, 6) is 0.686. The third kappa shape index (κ3) is 4.23.